The summed E-state index contributed by atoms with van der Waals surface area (Å²) in [5, 5.41) is 13.1. The summed E-state index contributed by atoms with van der Waals surface area (Å²) >= 11 is 0. The van der Waals surface area contributed by atoms with Crippen molar-refractivity contribution < 1.29 is 14.6 Å². The van der Waals surface area contributed by atoms with Crippen molar-refractivity contribution in [2.45, 2.75) is 38.8 Å². The van der Waals surface area contributed by atoms with Gasteiger partial charge >= 0.3 is 0 Å². The van der Waals surface area contributed by atoms with Gasteiger partial charge in [-0.1, -0.05) is 25.5 Å². The van der Waals surface area contributed by atoms with Crippen LogP contribution in [0, 0.1) is 0 Å². The molecule has 1 aromatic rings. The maximum atomic E-state index is 9.82. The Bertz CT molecular complexity index is 353. The third-order valence-corrected chi connectivity index (χ3v) is 3.23. The number of ether oxygens (including phenoxy) is 2. The molecular formula is C16H27NO3. The lowest BCUT2D eigenvalue weighted by atomic mass is 10.1. The van der Waals surface area contributed by atoms with Crippen LogP contribution in [0.25, 0.3) is 0 Å². The van der Waals surface area contributed by atoms with Crippen LogP contribution in [-0.2, 0) is 4.74 Å². The number of hydrogen-bond acceptors (Lipinski definition) is 4. The lowest BCUT2D eigenvalue weighted by Gasteiger charge is -2.18. The highest BCUT2D eigenvalue weighted by molar-refractivity contribution is 5.28. The van der Waals surface area contributed by atoms with Gasteiger partial charge in [-0.15, -0.1) is 0 Å². The summed E-state index contributed by atoms with van der Waals surface area (Å²) < 4.78 is 10.5. The van der Waals surface area contributed by atoms with Crippen molar-refractivity contribution in [1.82, 2.24) is 5.32 Å². The van der Waals surface area contributed by atoms with Crippen molar-refractivity contribution in [3.63, 3.8) is 0 Å². The number of unbranched alkanes of at least 4 members (excludes halogenated alkanes) is 1. The summed E-state index contributed by atoms with van der Waals surface area (Å²) in [5.41, 5.74) is 1.17. The fraction of sp³-hybridized carbons (Fsp3) is 0.625. The molecule has 2 N–H and O–H groups in total. The van der Waals surface area contributed by atoms with Gasteiger partial charge in [0.1, 0.15) is 5.75 Å². The molecule has 0 aliphatic heterocycles. The minimum atomic E-state index is -0.465. The summed E-state index contributed by atoms with van der Waals surface area (Å²) in [6.45, 7) is 5.84. The first-order valence-corrected chi connectivity index (χ1v) is 7.30. The van der Waals surface area contributed by atoms with Gasteiger partial charge in [-0.2, -0.15) is 0 Å². The fourth-order valence-electron chi connectivity index (χ4n) is 1.85. The first-order chi connectivity index (χ1) is 9.67. The van der Waals surface area contributed by atoms with E-state index in [1.165, 1.54) is 5.56 Å². The monoisotopic (exact) mass is 281 g/mol. The molecule has 4 nitrogen and oxygen atoms in total. The maximum Gasteiger partial charge on any atom is 0.118 e. The molecule has 20 heavy (non-hydrogen) atoms. The second kappa shape index (κ2) is 9.75. The highest BCUT2D eigenvalue weighted by Crippen LogP contribution is 2.17. The SMILES string of the molecule is CCCCOCC(O)CNC(C)c1ccc(OC)cc1. The lowest BCUT2D eigenvalue weighted by molar-refractivity contribution is 0.0348. The minimum absolute atomic E-state index is 0.186. The van der Waals surface area contributed by atoms with E-state index < -0.39 is 6.10 Å². The average molecular weight is 281 g/mol. The van der Waals surface area contributed by atoms with E-state index in [4.69, 9.17) is 9.47 Å². The van der Waals surface area contributed by atoms with Gasteiger partial charge in [0, 0.05) is 19.2 Å². The van der Waals surface area contributed by atoms with Crippen molar-refractivity contribution in [3.8, 4) is 5.75 Å². The molecule has 2 unspecified atom stereocenters. The molecule has 0 heterocycles. The number of benzene rings is 1. The quantitative estimate of drug-likeness (QED) is 0.647. The third-order valence-electron chi connectivity index (χ3n) is 3.23. The number of hydrogen-bond donors (Lipinski definition) is 2. The molecule has 1 aromatic carbocycles. The Hall–Kier alpha value is -1.10. The van der Waals surface area contributed by atoms with Gasteiger partial charge in [0.15, 0.2) is 0 Å². The molecule has 0 radical (unpaired) electrons. The Morgan fingerprint density at radius 2 is 1.95 bits per heavy atom. The van der Waals surface area contributed by atoms with E-state index in [2.05, 4.69) is 19.2 Å². The number of aliphatic hydroxyl groups excluding tert-OH is 1. The molecule has 0 bridgehead atoms. The molecule has 0 aromatic heterocycles. The van der Waals surface area contributed by atoms with Crippen LogP contribution in [0.4, 0.5) is 0 Å². The van der Waals surface area contributed by atoms with Crippen LogP contribution >= 0.6 is 0 Å². The number of nitrogens with one attached hydrogen (secondary N) is 1. The highest BCUT2D eigenvalue weighted by atomic mass is 16.5. The van der Waals surface area contributed by atoms with Gasteiger partial charge in [-0.05, 0) is 31.0 Å². The zero-order chi connectivity index (χ0) is 14.8. The molecule has 0 saturated carbocycles. The van der Waals surface area contributed by atoms with Crippen LogP contribution in [0.15, 0.2) is 24.3 Å². The van der Waals surface area contributed by atoms with Gasteiger partial charge in [-0.25, -0.2) is 0 Å². The summed E-state index contributed by atoms with van der Waals surface area (Å²) in [5.74, 6) is 0.852. The van der Waals surface area contributed by atoms with Crippen LogP contribution in [-0.4, -0.2) is 38.1 Å². The summed E-state index contributed by atoms with van der Waals surface area (Å²) in [4.78, 5) is 0. The smallest absolute Gasteiger partial charge is 0.118 e. The van der Waals surface area contributed by atoms with Gasteiger partial charge in [0.25, 0.3) is 0 Å². The first kappa shape index (κ1) is 17.0. The Morgan fingerprint density at radius 3 is 2.55 bits per heavy atom. The summed E-state index contributed by atoms with van der Waals surface area (Å²) in [6.07, 6.45) is 1.69. The van der Waals surface area contributed by atoms with E-state index in [0.29, 0.717) is 13.2 Å². The predicted molar refractivity (Wildman–Crippen MR) is 81.1 cm³/mol. The molecule has 0 aliphatic rings. The largest absolute Gasteiger partial charge is 0.497 e. The molecule has 0 fully saturated rings. The molecule has 0 spiro atoms. The van der Waals surface area contributed by atoms with Crippen molar-refractivity contribution >= 4 is 0 Å². The number of rotatable bonds is 10. The zero-order valence-electron chi connectivity index (χ0n) is 12.8. The molecular weight excluding hydrogens is 254 g/mol. The highest BCUT2D eigenvalue weighted by Gasteiger charge is 2.09. The second-order valence-electron chi connectivity index (χ2n) is 4.99. The third kappa shape index (κ3) is 6.37. The van der Waals surface area contributed by atoms with Crippen LogP contribution in [0.2, 0.25) is 0 Å². The Balaban J connectivity index is 2.25. The van der Waals surface area contributed by atoms with Crippen LogP contribution < -0.4 is 10.1 Å². The summed E-state index contributed by atoms with van der Waals surface area (Å²) in [6, 6.07) is 8.13. The number of methoxy groups -OCH3 is 1. The normalized spacial score (nSPS) is 14.0. The van der Waals surface area contributed by atoms with E-state index in [0.717, 1.165) is 25.2 Å². The topological polar surface area (TPSA) is 50.7 Å². The van der Waals surface area contributed by atoms with Gasteiger partial charge in [0.05, 0.1) is 19.8 Å². The van der Waals surface area contributed by atoms with E-state index in [9.17, 15) is 5.11 Å². The maximum absolute atomic E-state index is 9.82. The fourth-order valence-corrected chi connectivity index (χ4v) is 1.85. The molecule has 0 aliphatic carbocycles. The summed E-state index contributed by atoms with van der Waals surface area (Å²) in [7, 11) is 1.66. The van der Waals surface area contributed by atoms with Crippen LogP contribution in [0.3, 0.4) is 0 Å². The molecule has 114 valence electrons. The Morgan fingerprint density at radius 1 is 1.25 bits per heavy atom. The molecule has 1 rings (SSSR count). The first-order valence-electron chi connectivity index (χ1n) is 7.30. The van der Waals surface area contributed by atoms with E-state index in [1.807, 2.05) is 24.3 Å². The van der Waals surface area contributed by atoms with Gasteiger partial charge in [-0.3, -0.25) is 0 Å². The Labute approximate surface area is 122 Å². The van der Waals surface area contributed by atoms with Gasteiger partial charge < -0.3 is 19.9 Å². The second-order valence-corrected chi connectivity index (χ2v) is 4.99. The molecule has 2 atom stereocenters. The van der Waals surface area contributed by atoms with Gasteiger partial charge in [0.2, 0.25) is 0 Å². The van der Waals surface area contributed by atoms with Crippen molar-refractivity contribution in [1.29, 1.82) is 0 Å². The molecule has 0 amide bonds. The number of aliphatic hydroxyl groups is 1. The predicted octanol–water partition coefficient (Wildman–Crippen LogP) is 2.52. The zero-order valence-corrected chi connectivity index (χ0v) is 12.8. The standard InChI is InChI=1S/C16H27NO3/c1-4-5-10-20-12-15(18)11-17-13(2)14-6-8-16(19-3)9-7-14/h6-9,13,15,17-18H,4-5,10-12H2,1-3H3. The van der Waals surface area contributed by atoms with Crippen molar-refractivity contribution in [3.05, 3.63) is 29.8 Å². The van der Waals surface area contributed by atoms with E-state index >= 15 is 0 Å². The lowest BCUT2D eigenvalue weighted by Crippen LogP contribution is -2.32. The van der Waals surface area contributed by atoms with Crippen molar-refractivity contribution in [2.24, 2.45) is 0 Å². The van der Waals surface area contributed by atoms with Crippen molar-refractivity contribution in [2.75, 3.05) is 26.9 Å². The Kier molecular flexibility index (Phi) is 8.26. The van der Waals surface area contributed by atoms with Crippen LogP contribution in [0.1, 0.15) is 38.3 Å². The molecule has 4 heteroatoms. The minimum Gasteiger partial charge on any atom is -0.497 e. The van der Waals surface area contributed by atoms with E-state index in [-0.39, 0.29) is 6.04 Å². The van der Waals surface area contributed by atoms with Crippen LogP contribution in [0.5, 0.6) is 5.75 Å². The average Bonchev–Trinajstić information content (AvgIpc) is 2.49. The molecule has 0 saturated heterocycles. The van der Waals surface area contributed by atoms with E-state index in [1.54, 1.807) is 7.11 Å².